The second kappa shape index (κ2) is 10.5. The van der Waals surface area contributed by atoms with Crippen molar-refractivity contribution in [3.8, 4) is 11.8 Å². The lowest BCUT2D eigenvalue weighted by Gasteiger charge is -2.44. The zero-order chi connectivity index (χ0) is 26.0. The van der Waals surface area contributed by atoms with Gasteiger partial charge in [0.15, 0.2) is 5.78 Å². The molecule has 8 heteroatoms. The number of ether oxygens (including phenoxy) is 2. The number of hydrogen-bond donors (Lipinski definition) is 1. The van der Waals surface area contributed by atoms with Crippen LogP contribution in [0.1, 0.15) is 43.7 Å². The van der Waals surface area contributed by atoms with E-state index in [2.05, 4.69) is 35.8 Å². The largest absolute Gasteiger partial charge is 0.488 e. The second-order valence-corrected chi connectivity index (χ2v) is 10.8. The minimum absolute atomic E-state index is 0.00194. The van der Waals surface area contributed by atoms with E-state index in [1.807, 2.05) is 17.0 Å². The molecule has 4 rings (SSSR count). The maximum Gasteiger partial charge on any atom is 0.162 e. The first-order valence-corrected chi connectivity index (χ1v) is 12.5. The van der Waals surface area contributed by atoms with Crippen LogP contribution in [0.4, 0.5) is 4.39 Å². The third-order valence-corrected chi connectivity index (χ3v) is 7.12. The Hall–Kier alpha value is -3.15. The molecule has 1 atom stereocenters. The Kier molecular flexibility index (Phi) is 7.53. The normalized spacial score (nSPS) is 19.3. The van der Waals surface area contributed by atoms with Crippen LogP contribution in [0, 0.1) is 22.6 Å². The van der Waals surface area contributed by atoms with E-state index in [0.29, 0.717) is 54.3 Å². The molecule has 2 N–H and O–H groups in total. The molecular formula is C28H29BrFN3O3. The second-order valence-electron chi connectivity index (χ2n) is 9.85. The highest BCUT2D eigenvalue weighted by Gasteiger charge is 2.45. The Labute approximate surface area is 219 Å². The van der Waals surface area contributed by atoms with E-state index in [4.69, 9.17) is 15.2 Å². The van der Waals surface area contributed by atoms with Gasteiger partial charge in [-0.25, -0.2) is 4.39 Å². The topological polar surface area (TPSA) is 88.6 Å². The van der Waals surface area contributed by atoms with Gasteiger partial charge in [-0.15, -0.1) is 0 Å². The molecule has 36 heavy (non-hydrogen) atoms. The number of nitriles is 1. The summed E-state index contributed by atoms with van der Waals surface area (Å²) in [6.45, 7) is 4.93. The quantitative estimate of drug-likeness (QED) is 0.483. The lowest BCUT2D eigenvalue weighted by Crippen LogP contribution is -2.43. The van der Waals surface area contributed by atoms with Crippen LogP contribution in [0.25, 0.3) is 0 Å². The summed E-state index contributed by atoms with van der Waals surface area (Å²) in [5, 5.41) is 10.2. The van der Waals surface area contributed by atoms with Gasteiger partial charge in [0.2, 0.25) is 0 Å². The van der Waals surface area contributed by atoms with Gasteiger partial charge in [0.25, 0.3) is 0 Å². The van der Waals surface area contributed by atoms with Crippen LogP contribution in [-0.4, -0.2) is 30.9 Å². The average Bonchev–Trinajstić information content (AvgIpc) is 2.82. The van der Waals surface area contributed by atoms with Crippen LogP contribution in [0.2, 0.25) is 0 Å². The fraction of sp³-hybridized carbons (Fsp3) is 0.357. The molecule has 0 aromatic heterocycles. The van der Waals surface area contributed by atoms with Crippen molar-refractivity contribution in [1.29, 1.82) is 5.26 Å². The van der Waals surface area contributed by atoms with Gasteiger partial charge in [0.05, 0.1) is 24.2 Å². The summed E-state index contributed by atoms with van der Waals surface area (Å²) in [7, 11) is 1.60. The lowest BCUT2D eigenvalue weighted by atomic mass is 9.68. The van der Waals surface area contributed by atoms with E-state index in [9.17, 15) is 14.4 Å². The van der Waals surface area contributed by atoms with Gasteiger partial charge in [0.1, 0.15) is 24.0 Å². The Morgan fingerprint density at radius 2 is 2.00 bits per heavy atom. The molecule has 2 aromatic rings. The summed E-state index contributed by atoms with van der Waals surface area (Å²) in [5.74, 6) is -0.306. The standard InChI is InChI=1S/C28H29BrFN3O3/c1-28(2)13-22-26(23(34)14-28)25(20(15-31)27(32)33(22)10-11-35-3)19-12-18(29)8-9-24(19)36-16-17-6-4-5-7-21(17)30/h4-9,12,25H,10-11,13-14,16,32H2,1-3H3/t25-/m0/s1. The maximum absolute atomic E-state index is 14.2. The molecular weight excluding hydrogens is 525 g/mol. The van der Waals surface area contributed by atoms with E-state index in [-0.39, 0.29) is 29.2 Å². The molecule has 0 fully saturated rings. The number of methoxy groups -OCH3 is 1. The zero-order valence-electron chi connectivity index (χ0n) is 20.6. The van der Waals surface area contributed by atoms with Gasteiger partial charge in [-0.3, -0.25) is 4.79 Å². The fourth-order valence-corrected chi connectivity index (χ4v) is 5.35. The number of rotatable bonds is 7. The third kappa shape index (κ3) is 5.04. The minimum atomic E-state index is -0.694. The molecule has 0 unspecified atom stereocenters. The number of Topliss-reactive ketones (excluding diaryl/α,β-unsaturated/α-hetero) is 1. The van der Waals surface area contributed by atoms with Crippen molar-refractivity contribution in [3.05, 3.63) is 86.5 Å². The van der Waals surface area contributed by atoms with Crippen LogP contribution in [0.15, 0.2) is 69.6 Å². The van der Waals surface area contributed by atoms with Crippen molar-refractivity contribution in [2.24, 2.45) is 11.1 Å². The number of nitrogens with zero attached hydrogens (tertiary/aromatic N) is 2. The molecule has 188 valence electrons. The molecule has 1 aliphatic heterocycles. The van der Waals surface area contributed by atoms with Crippen molar-refractivity contribution in [3.63, 3.8) is 0 Å². The summed E-state index contributed by atoms with van der Waals surface area (Å²) in [5.41, 5.74) is 9.04. The highest BCUT2D eigenvalue weighted by molar-refractivity contribution is 9.10. The number of nitrogens with two attached hydrogens (primary N) is 1. The number of allylic oxidation sites excluding steroid dienone is 3. The smallest absolute Gasteiger partial charge is 0.162 e. The SMILES string of the molecule is COCCN1C(N)=C(C#N)[C@H](c2cc(Br)ccc2OCc2ccccc2F)C2=C1CC(C)(C)CC2=O. The van der Waals surface area contributed by atoms with Crippen LogP contribution in [0.5, 0.6) is 5.75 Å². The number of halogens is 2. The highest BCUT2D eigenvalue weighted by atomic mass is 79.9. The van der Waals surface area contributed by atoms with Gasteiger partial charge >= 0.3 is 0 Å². The van der Waals surface area contributed by atoms with Crippen molar-refractivity contribution in [1.82, 2.24) is 4.90 Å². The summed E-state index contributed by atoms with van der Waals surface area (Å²) < 4.78 is 26.4. The Morgan fingerprint density at radius 3 is 2.69 bits per heavy atom. The molecule has 0 saturated carbocycles. The Bertz CT molecular complexity index is 1300. The summed E-state index contributed by atoms with van der Waals surface area (Å²) >= 11 is 3.52. The molecule has 1 heterocycles. The van der Waals surface area contributed by atoms with Gasteiger partial charge in [-0.1, -0.05) is 48.0 Å². The van der Waals surface area contributed by atoms with Gasteiger partial charge < -0.3 is 20.1 Å². The van der Waals surface area contributed by atoms with Crippen LogP contribution < -0.4 is 10.5 Å². The number of carbonyl (C=O) groups is 1. The predicted molar refractivity (Wildman–Crippen MR) is 138 cm³/mol. The van der Waals surface area contributed by atoms with Crippen LogP contribution in [0.3, 0.4) is 0 Å². The molecule has 1 aliphatic carbocycles. The Balaban J connectivity index is 1.86. The first-order valence-electron chi connectivity index (χ1n) is 11.7. The van der Waals surface area contributed by atoms with Gasteiger partial charge in [0, 0.05) is 46.9 Å². The molecule has 0 bridgehead atoms. The zero-order valence-corrected chi connectivity index (χ0v) is 22.2. The van der Waals surface area contributed by atoms with E-state index < -0.39 is 5.92 Å². The molecule has 0 spiro atoms. The van der Waals surface area contributed by atoms with Crippen LogP contribution in [-0.2, 0) is 16.1 Å². The first kappa shape index (κ1) is 25.9. The van der Waals surface area contributed by atoms with E-state index in [1.165, 1.54) is 6.07 Å². The molecule has 0 saturated heterocycles. The van der Waals surface area contributed by atoms with Crippen molar-refractivity contribution in [2.45, 2.75) is 39.2 Å². The molecule has 0 radical (unpaired) electrons. The summed E-state index contributed by atoms with van der Waals surface area (Å²) in [6, 6.07) is 14.1. The molecule has 0 amide bonds. The van der Waals surface area contributed by atoms with E-state index in [1.54, 1.807) is 31.4 Å². The van der Waals surface area contributed by atoms with Crippen molar-refractivity contribution < 1.29 is 18.7 Å². The van der Waals surface area contributed by atoms with Crippen molar-refractivity contribution >= 4 is 21.7 Å². The number of hydrogen-bond acceptors (Lipinski definition) is 6. The predicted octanol–water partition coefficient (Wildman–Crippen LogP) is 5.55. The van der Waals surface area contributed by atoms with Crippen LogP contribution >= 0.6 is 15.9 Å². The Morgan fingerprint density at radius 1 is 1.25 bits per heavy atom. The average molecular weight is 554 g/mol. The third-order valence-electron chi connectivity index (χ3n) is 6.63. The highest BCUT2D eigenvalue weighted by Crippen LogP contribution is 2.50. The molecule has 2 aromatic carbocycles. The molecule has 2 aliphatic rings. The van der Waals surface area contributed by atoms with Gasteiger partial charge in [-0.2, -0.15) is 5.26 Å². The summed E-state index contributed by atoms with van der Waals surface area (Å²) in [4.78, 5) is 15.5. The van der Waals surface area contributed by atoms with E-state index >= 15 is 0 Å². The first-order chi connectivity index (χ1) is 17.2. The lowest BCUT2D eigenvalue weighted by molar-refractivity contribution is -0.118. The number of ketones is 1. The van der Waals surface area contributed by atoms with E-state index in [0.717, 1.165) is 10.2 Å². The minimum Gasteiger partial charge on any atom is -0.488 e. The monoisotopic (exact) mass is 553 g/mol. The number of carbonyl (C=O) groups excluding carboxylic acids is 1. The fourth-order valence-electron chi connectivity index (χ4n) is 4.97. The maximum atomic E-state index is 14.2. The van der Waals surface area contributed by atoms with Crippen molar-refractivity contribution in [2.75, 3.05) is 20.3 Å². The van der Waals surface area contributed by atoms with Gasteiger partial charge in [-0.05, 0) is 36.1 Å². The number of benzene rings is 2. The molecule has 6 nitrogen and oxygen atoms in total. The summed E-state index contributed by atoms with van der Waals surface area (Å²) in [6.07, 6.45) is 0.992.